The number of rotatable bonds is 8. The summed E-state index contributed by atoms with van der Waals surface area (Å²) in [6.45, 7) is 4.22. The van der Waals surface area contributed by atoms with Gasteiger partial charge in [0.25, 0.3) is 0 Å². The SMILES string of the molecule is C=C(c1ccc(Br)cc1)n1nc(-c2ccc(Br)cc2)c(O)c1C(OCCO)c1ccccc1. The van der Waals surface area contributed by atoms with Crippen LogP contribution in [-0.4, -0.2) is 33.2 Å². The van der Waals surface area contributed by atoms with Crippen LogP contribution in [-0.2, 0) is 4.74 Å². The van der Waals surface area contributed by atoms with Gasteiger partial charge in [0.2, 0.25) is 0 Å². The van der Waals surface area contributed by atoms with Crippen molar-refractivity contribution in [3.63, 3.8) is 0 Å². The molecule has 0 saturated carbocycles. The van der Waals surface area contributed by atoms with E-state index >= 15 is 0 Å². The first-order valence-corrected chi connectivity index (χ1v) is 11.9. The number of benzene rings is 3. The van der Waals surface area contributed by atoms with Crippen molar-refractivity contribution in [2.45, 2.75) is 6.10 Å². The molecule has 1 heterocycles. The third kappa shape index (κ3) is 5.12. The number of hydrogen-bond donors (Lipinski definition) is 2. The smallest absolute Gasteiger partial charge is 0.168 e. The van der Waals surface area contributed by atoms with E-state index in [1.807, 2.05) is 78.9 Å². The van der Waals surface area contributed by atoms with Crippen LogP contribution in [0.5, 0.6) is 5.75 Å². The number of aromatic hydroxyl groups is 1. The second-order valence-corrected chi connectivity index (χ2v) is 9.17. The first-order chi connectivity index (χ1) is 16.0. The van der Waals surface area contributed by atoms with Crippen molar-refractivity contribution in [3.8, 4) is 17.0 Å². The van der Waals surface area contributed by atoms with Crippen LogP contribution in [0.15, 0.2) is 94.4 Å². The highest BCUT2D eigenvalue weighted by molar-refractivity contribution is 9.10. The van der Waals surface area contributed by atoms with Crippen molar-refractivity contribution in [3.05, 3.63) is 111 Å². The minimum absolute atomic E-state index is 0.00220. The number of ether oxygens (including phenoxy) is 1. The van der Waals surface area contributed by atoms with Crippen LogP contribution in [0.4, 0.5) is 0 Å². The van der Waals surface area contributed by atoms with Crippen LogP contribution in [0.2, 0.25) is 0 Å². The van der Waals surface area contributed by atoms with Crippen molar-refractivity contribution in [1.82, 2.24) is 9.78 Å². The Hall–Kier alpha value is -2.71. The lowest BCUT2D eigenvalue weighted by atomic mass is 10.0. The van der Waals surface area contributed by atoms with Crippen LogP contribution in [0.3, 0.4) is 0 Å². The number of nitrogens with zero attached hydrogens (tertiary/aromatic N) is 2. The highest BCUT2D eigenvalue weighted by Crippen LogP contribution is 2.41. The van der Waals surface area contributed by atoms with Gasteiger partial charge in [-0.1, -0.05) is 93.0 Å². The number of aromatic nitrogens is 2. The van der Waals surface area contributed by atoms with Crippen molar-refractivity contribution < 1.29 is 14.9 Å². The predicted molar refractivity (Wildman–Crippen MR) is 137 cm³/mol. The largest absolute Gasteiger partial charge is 0.504 e. The summed E-state index contributed by atoms with van der Waals surface area (Å²) in [5.74, 6) is 0.00220. The third-order valence-corrected chi connectivity index (χ3v) is 6.23. The van der Waals surface area contributed by atoms with E-state index in [0.29, 0.717) is 17.1 Å². The normalized spacial score (nSPS) is 12.0. The van der Waals surface area contributed by atoms with Gasteiger partial charge >= 0.3 is 0 Å². The lowest BCUT2D eigenvalue weighted by Crippen LogP contribution is -2.15. The summed E-state index contributed by atoms with van der Waals surface area (Å²) in [5, 5.41) is 25.6. The Bertz CT molecular complexity index is 1240. The zero-order valence-corrected chi connectivity index (χ0v) is 20.8. The van der Waals surface area contributed by atoms with Crippen LogP contribution >= 0.6 is 31.9 Å². The molecule has 4 aromatic rings. The molecule has 3 aromatic carbocycles. The van der Waals surface area contributed by atoms with Gasteiger partial charge in [-0.3, -0.25) is 0 Å². The molecule has 0 bridgehead atoms. The Labute approximate surface area is 209 Å². The maximum Gasteiger partial charge on any atom is 0.168 e. The van der Waals surface area contributed by atoms with Gasteiger partial charge < -0.3 is 14.9 Å². The third-order valence-electron chi connectivity index (χ3n) is 5.17. The molecular formula is C26H22Br2N2O3. The second kappa shape index (κ2) is 10.5. The molecule has 5 nitrogen and oxygen atoms in total. The zero-order valence-electron chi connectivity index (χ0n) is 17.7. The molecule has 0 amide bonds. The fourth-order valence-corrected chi connectivity index (χ4v) is 4.09. The maximum atomic E-state index is 11.4. The van der Waals surface area contributed by atoms with Crippen molar-refractivity contribution in [2.75, 3.05) is 13.2 Å². The van der Waals surface area contributed by atoms with E-state index in [2.05, 4.69) is 38.4 Å². The second-order valence-electron chi connectivity index (χ2n) is 7.34. The van der Waals surface area contributed by atoms with Crippen LogP contribution in [0.1, 0.15) is 22.9 Å². The van der Waals surface area contributed by atoms with E-state index in [1.165, 1.54) is 0 Å². The van der Waals surface area contributed by atoms with Gasteiger partial charge in [-0.15, -0.1) is 0 Å². The Morgan fingerprint density at radius 1 is 0.939 bits per heavy atom. The zero-order chi connectivity index (χ0) is 23.4. The average Bonchev–Trinajstić information content (AvgIpc) is 3.17. The summed E-state index contributed by atoms with van der Waals surface area (Å²) < 4.78 is 9.54. The molecular weight excluding hydrogens is 548 g/mol. The molecule has 168 valence electrons. The molecule has 7 heteroatoms. The minimum Gasteiger partial charge on any atom is -0.504 e. The van der Waals surface area contributed by atoms with Gasteiger partial charge in [-0.05, 0) is 35.4 Å². The maximum absolute atomic E-state index is 11.4. The molecule has 2 N–H and O–H groups in total. The van der Waals surface area contributed by atoms with Gasteiger partial charge in [0.1, 0.15) is 17.5 Å². The Morgan fingerprint density at radius 2 is 1.55 bits per heavy atom. The molecule has 0 radical (unpaired) electrons. The van der Waals surface area contributed by atoms with E-state index in [9.17, 15) is 10.2 Å². The Morgan fingerprint density at radius 3 is 2.15 bits per heavy atom. The molecule has 33 heavy (non-hydrogen) atoms. The fraction of sp³-hybridized carbons (Fsp3) is 0.115. The molecule has 0 aliphatic rings. The summed E-state index contributed by atoms with van der Waals surface area (Å²) in [4.78, 5) is 0. The fourth-order valence-electron chi connectivity index (χ4n) is 3.56. The number of hydrogen-bond acceptors (Lipinski definition) is 4. The number of halogens is 2. The van der Waals surface area contributed by atoms with E-state index in [0.717, 1.165) is 25.6 Å². The minimum atomic E-state index is -0.665. The highest BCUT2D eigenvalue weighted by atomic mass is 79.9. The van der Waals surface area contributed by atoms with Gasteiger partial charge in [0.05, 0.1) is 18.9 Å². The summed E-state index contributed by atoms with van der Waals surface area (Å²) in [6, 6.07) is 24.8. The van der Waals surface area contributed by atoms with Gasteiger partial charge in [-0.25, -0.2) is 4.68 Å². The van der Waals surface area contributed by atoms with E-state index < -0.39 is 6.10 Å². The lowest BCUT2D eigenvalue weighted by Gasteiger charge is -2.21. The summed E-state index contributed by atoms with van der Waals surface area (Å²) >= 11 is 6.91. The van der Waals surface area contributed by atoms with Crippen molar-refractivity contribution in [1.29, 1.82) is 0 Å². The highest BCUT2D eigenvalue weighted by Gasteiger charge is 2.29. The molecule has 1 unspecified atom stereocenters. The van der Waals surface area contributed by atoms with Crippen molar-refractivity contribution in [2.24, 2.45) is 0 Å². The first-order valence-electron chi connectivity index (χ1n) is 10.3. The topological polar surface area (TPSA) is 67.5 Å². The Balaban J connectivity index is 1.91. The summed E-state index contributed by atoms with van der Waals surface area (Å²) in [7, 11) is 0. The van der Waals surface area contributed by atoms with Gasteiger partial charge in [0.15, 0.2) is 5.75 Å². The standard InChI is InChI=1S/C26H22Br2N2O3/c1-17(18-7-11-21(27)12-8-18)30-24(26(33-16-15-31)20-5-3-2-4-6-20)25(32)23(29-30)19-9-13-22(28)14-10-19/h2-14,26,31-32H,1,15-16H2. The van der Waals surface area contributed by atoms with E-state index in [4.69, 9.17) is 9.84 Å². The summed E-state index contributed by atoms with van der Waals surface area (Å²) in [6.07, 6.45) is -0.665. The van der Waals surface area contributed by atoms with Crippen LogP contribution in [0, 0.1) is 0 Å². The van der Waals surface area contributed by atoms with E-state index in [1.54, 1.807) is 4.68 Å². The van der Waals surface area contributed by atoms with Crippen LogP contribution < -0.4 is 0 Å². The van der Waals surface area contributed by atoms with Crippen molar-refractivity contribution >= 4 is 37.6 Å². The lowest BCUT2D eigenvalue weighted by molar-refractivity contribution is 0.0456. The molecule has 4 rings (SSSR count). The summed E-state index contributed by atoms with van der Waals surface area (Å²) in [5.41, 5.74) is 3.88. The van der Waals surface area contributed by atoms with Gasteiger partial charge in [0, 0.05) is 14.5 Å². The number of aliphatic hydroxyl groups excluding tert-OH is 1. The molecule has 0 fully saturated rings. The van der Waals surface area contributed by atoms with Gasteiger partial charge in [-0.2, -0.15) is 5.10 Å². The Kier molecular flexibility index (Phi) is 7.45. The van der Waals surface area contributed by atoms with E-state index in [-0.39, 0.29) is 19.0 Å². The monoisotopic (exact) mass is 568 g/mol. The molecule has 0 aliphatic carbocycles. The van der Waals surface area contributed by atoms with Crippen LogP contribution in [0.25, 0.3) is 17.0 Å². The molecule has 0 saturated heterocycles. The first kappa shape index (κ1) is 23.4. The molecule has 1 aromatic heterocycles. The average molecular weight is 570 g/mol. The quantitative estimate of drug-likeness (QED) is 0.258. The predicted octanol–water partition coefficient (Wildman–Crippen LogP) is 6.40. The molecule has 0 aliphatic heterocycles. The molecule has 0 spiro atoms. The molecule has 1 atom stereocenters. The number of aliphatic hydroxyl groups is 1.